The Balaban J connectivity index is 2.78. The minimum absolute atomic E-state index is 0.0883. The molecule has 98 valence electrons. The average molecular weight is 246 g/mol. The van der Waals surface area contributed by atoms with Crippen LogP contribution < -0.4 is 5.73 Å². The summed E-state index contributed by atoms with van der Waals surface area (Å²) in [6, 6.07) is 5.97. The van der Waals surface area contributed by atoms with Crippen molar-refractivity contribution >= 4 is 0 Å². The number of rotatable bonds is 6. The van der Waals surface area contributed by atoms with Crippen molar-refractivity contribution in [1.82, 2.24) is 9.88 Å². The molecule has 0 bridgehead atoms. The van der Waals surface area contributed by atoms with Crippen LogP contribution in [-0.2, 0) is 6.54 Å². The Morgan fingerprint density at radius 3 is 2.78 bits per heavy atom. The van der Waals surface area contributed by atoms with Crippen LogP contribution in [0.3, 0.4) is 0 Å². The highest BCUT2D eigenvalue weighted by Crippen LogP contribution is 2.17. The molecule has 0 unspecified atom stereocenters. The summed E-state index contributed by atoms with van der Waals surface area (Å²) in [5.41, 5.74) is 7.35. The summed E-state index contributed by atoms with van der Waals surface area (Å²) >= 11 is 0. The quantitative estimate of drug-likeness (QED) is 0.830. The molecule has 0 saturated carbocycles. The summed E-state index contributed by atoms with van der Waals surface area (Å²) in [6.45, 7) is 9.69. The Morgan fingerprint density at radius 2 is 2.22 bits per heavy atom. The van der Waals surface area contributed by atoms with E-state index in [1.807, 2.05) is 12.1 Å². The fourth-order valence-corrected chi connectivity index (χ4v) is 1.86. The van der Waals surface area contributed by atoms with Gasteiger partial charge < -0.3 is 5.73 Å². The summed E-state index contributed by atoms with van der Waals surface area (Å²) in [6.07, 6.45) is 1.65. The number of nitrogens with two attached hydrogens (primary N) is 1. The maximum Gasteiger partial charge on any atom is 0.144 e. The maximum atomic E-state index is 9.03. The van der Waals surface area contributed by atoms with Gasteiger partial charge >= 0.3 is 0 Å². The summed E-state index contributed by atoms with van der Waals surface area (Å²) in [4.78, 5) is 6.39. The van der Waals surface area contributed by atoms with E-state index in [1.165, 1.54) is 0 Å². The number of aromatic nitrogens is 1. The number of nitriles is 1. The summed E-state index contributed by atoms with van der Waals surface area (Å²) < 4.78 is 0. The molecule has 4 nitrogen and oxygen atoms in total. The van der Waals surface area contributed by atoms with Crippen LogP contribution in [0.2, 0.25) is 0 Å². The van der Waals surface area contributed by atoms with Gasteiger partial charge in [0.25, 0.3) is 0 Å². The second-order valence-electron chi connectivity index (χ2n) is 5.29. The fourth-order valence-electron chi connectivity index (χ4n) is 1.86. The smallest absolute Gasteiger partial charge is 0.144 e. The molecule has 1 heterocycles. The lowest BCUT2D eigenvalue weighted by molar-refractivity contribution is 0.183. The van der Waals surface area contributed by atoms with Gasteiger partial charge in [-0.05, 0) is 24.6 Å². The zero-order chi connectivity index (χ0) is 13.6. The molecule has 0 aromatic carbocycles. The predicted octanol–water partition coefficient (Wildman–Crippen LogP) is 1.76. The molecule has 0 spiro atoms. The molecular weight excluding hydrogens is 224 g/mol. The molecule has 1 aromatic heterocycles. The minimum atomic E-state index is 0.0883. The highest BCUT2D eigenvalue weighted by atomic mass is 15.1. The van der Waals surface area contributed by atoms with Gasteiger partial charge in [0, 0.05) is 24.8 Å². The first kappa shape index (κ1) is 14.6. The van der Waals surface area contributed by atoms with Crippen molar-refractivity contribution < 1.29 is 0 Å². The topological polar surface area (TPSA) is 65.9 Å². The Bertz CT molecular complexity index is 420. The molecule has 0 atom stereocenters. The summed E-state index contributed by atoms with van der Waals surface area (Å²) in [5.74, 6) is 0. The summed E-state index contributed by atoms with van der Waals surface area (Å²) in [5, 5.41) is 9.03. The lowest BCUT2D eigenvalue weighted by Gasteiger charge is -2.31. The molecule has 0 saturated heterocycles. The second-order valence-corrected chi connectivity index (χ2v) is 5.29. The van der Waals surface area contributed by atoms with Crippen LogP contribution in [-0.4, -0.2) is 29.5 Å². The van der Waals surface area contributed by atoms with Crippen LogP contribution >= 0.6 is 0 Å². The Hall–Kier alpha value is -1.44. The van der Waals surface area contributed by atoms with E-state index in [9.17, 15) is 0 Å². The van der Waals surface area contributed by atoms with Crippen molar-refractivity contribution in [2.24, 2.45) is 11.1 Å². The van der Waals surface area contributed by atoms with Crippen molar-refractivity contribution in [3.05, 3.63) is 29.6 Å². The first-order valence-electron chi connectivity index (χ1n) is 6.29. The van der Waals surface area contributed by atoms with E-state index in [2.05, 4.69) is 36.7 Å². The zero-order valence-corrected chi connectivity index (χ0v) is 11.5. The zero-order valence-electron chi connectivity index (χ0n) is 11.5. The first-order chi connectivity index (χ1) is 8.52. The van der Waals surface area contributed by atoms with Crippen LogP contribution in [0.25, 0.3) is 0 Å². The number of pyridine rings is 1. The van der Waals surface area contributed by atoms with Gasteiger partial charge in [-0.1, -0.05) is 26.8 Å². The molecule has 1 rings (SSSR count). The predicted molar refractivity (Wildman–Crippen MR) is 72.7 cm³/mol. The van der Waals surface area contributed by atoms with Crippen molar-refractivity contribution in [3.8, 4) is 6.07 Å². The monoisotopic (exact) mass is 246 g/mol. The first-order valence-corrected chi connectivity index (χ1v) is 6.29. The Kier molecular flexibility index (Phi) is 5.26. The lowest BCUT2D eigenvalue weighted by Crippen LogP contribution is -2.38. The van der Waals surface area contributed by atoms with Crippen LogP contribution in [0.1, 0.15) is 32.0 Å². The molecule has 0 radical (unpaired) electrons. The highest BCUT2D eigenvalue weighted by molar-refractivity contribution is 5.30. The van der Waals surface area contributed by atoms with Gasteiger partial charge in [-0.3, -0.25) is 4.90 Å². The Labute approximate surface area is 109 Å². The van der Waals surface area contributed by atoms with E-state index in [4.69, 9.17) is 11.0 Å². The van der Waals surface area contributed by atoms with Crippen molar-refractivity contribution in [1.29, 1.82) is 5.26 Å². The van der Waals surface area contributed by atoms with Crippen LogP contribution in [0.5, 0.6) is 0 Å². The van der Waals surface area contributed by atoms with Crippen molar-refractivity contribution in [3.63, 3.8) is 0 Å². The number of nitrogens with zero attached hydrogens (tertiary/aromatic N) is 3. The van der Waals surface area contributed by atoms with E-state index in [1.54, 1.807) is 6.20 Å². The van der Waals surface area contributed by atoms with Gasteiger partial charge in [-0.15, -0.1) is 0 Å². The highest BCUT2D eigenvalue weighted by Gasteiger charge is 2.20. The van der Waals surface area contributed by atoms with E-state index < -0.39 is 0 Å². The SMILES string of the molecule is CCN(Cc1cccnc1C#N)CC(C)(C)CN. The van der Waals surface area contributed by atoms with Crippen molar-refractivity contribution in [2.75, 3.05) is 19.6 Å². The van der Waals surface area contributed by atoms with Gasteiger partial charge in [0.05, 0.1) is 0 Å². The molecular formula is C14H22N4. The maximum absolute atomic E-state index is 9.03. The number of hydrogen-bond donors (Lipinski definition) is 1. The lowest BCUT2D eigenvalue weighted by atomic mass is 9.93. The molecule has 0 aliphatic carbocycles. The molecule has 18 heavy (non-hydrogen) atoms. The molecule has 4 heteroatoms. The molecule has 0 amide bonds. The third kappa shape index (κ3) is 4.10. The molecule has 0 fully saturated rings. The van der Waals surface area contributed by atoms with Gasteiger partial charge in [-0.2, -0.15) is 5.26 Å². The van der Waals surface area contributed by atoms with Crippen LogP contribution in [0.4, 0.5) is 0 Å². The van der Waals surface area contributed by atoms with Gasteiger partial charge in [-0.25, -0.2) is 4.98 Å². The second kappa shape index (κ2) is 6.48. The molecule has 2 N–H and O–H groups in total. The normalized spacial score (nSPS) is 11.6. The fraction of sp³-hybridized carbons (Fsp3) is 0.571. The van der Waals surface area contributed by atoms with Gasteiger partial charge in [0.2, 0.25) is 0 Å². The minimum Gasteiger partial charge on any atom is -0.330 e. The number of hydrogen-bond acceptors (Lipinski definition) is 4. The third-order valence-corrected chi connectivity index (χ3v) is 3.04. The van der Waals surface area contributed by atoms with E-state index in [0.717, 1.165) is 25.2 Å². The molecule has 1 aromatic rings. The average Bonchev–Trinajstić information content (AvgIpc) is 2.38. The largest absolute Gasteiger partial charge is 0.330 e. The molecule has 0 aliphatic heterocycles. The van der Waals surface area contributed by atoms with E-state index >= 15 is 0 Å². The standard InChI is InChI=1S/C14H22N4/c1-4-18(11-14(2,3)10-16)9-12-6-5-7-17-13(12)8-15/h5-7H,4,9-11,16H2,1-3H3. The van der Waals surface area contributed by atoms with Gasteiger partial charge in [0.1, 0.15) is 11.8 Å². The van der Waals surface area contributed by atoms with Crippen molar-refractivity contribution in [2.45, 2.75) is 27.3 Å². The van der Waals surface area contributed by atoms with Crippen LogP contribution in [0, 0.1) is 16.7 Å². The third-order valence-electron chi connectivity index (χ3n) is 3.04. The Morgan fingerprint density at radius 1 is 1.50 bits per heavy atom. The van der Waals surface area contributed by atoms with E-state index in [-0.39, 0.29) is 5.41 Å². The summed E-state index contributed by atoms with van der Waals surface area (Å²) in [7, 11) is 0. The van der Waals surface area contributed by atoms with Crippen LogP contribution in [0.15, 0.2) is 18.3 Å². The van der Waals surface area contributed by atoms with E-state index in [0.29, 0.717) is 12.2 Å². The van der Waals surface area contributed by atoms with Gasteiger partial charge in [0.15, 0.2) is 0 Å². The molecule has 0 aliphatic rings.